The van der Waals surface area contributed by atoms with Crippen molar-refractivity contribution in [2.75, 3.05) is 13.7 Å². The van der Waals surface area contributed by atoms with E-state index in [1.54, 1.807) is 62.4 Å². The topological polar surface area (TPSA) is 89.9 Å². The number of carbonyl (C=O) groups is 3. The number of aliphatic hydroxyl groups excluding tert-OH is 1. The van der Waals surface area contributed by atoms with E-state index in [2.05, 4.69) is 0 Å². The number of ether oxygens (including phenoxy) is 2. The molecule has 0 saturated heterocycles. The molecule has 0 aliphatic carbocycles. The largest absolute Gasteiger partial charge is 0.507 e. The van der Waals surface area contributed by atoms with E-state index in [0.29, 0.717) is 22.4 Å². The van der Waals surface area contributed by atoms with Crippen LogP contribution in [0.1, 0.15) is 46.8 Å². The molecule has 0 spiro atoms. The van der Waals surface area contributed by atoms with Crippen LogP contribution in [-0.4, -0.2) is 36.4 Å². The summed E-state index contributed by atoms with van der Waals surface area (Å²) in [4.78, 5) is 38.4. The first-order chi connectivity index (χ1) is 16.9. The molecule has 180 valence electrons. The lowest BCUT2D eigenvalue weighted by molar-refractivity contribution is -0.134. The van der Waals surface area contributed by atoms with E-state index in [1.165, 1.54) is 7.11 Å². The minimum Gasteiger partial charge on any atom is -0.507 e. The van der Waals surface area contributed by atoms with E-state index < -0.39 is 23.5 Å². The van der Waals surface area contributed by atoms with E-state index in [0.717, 1.165) is 5.56 Å². The summed E-state index contributed by atoms with van der Waals surface area (Å²) < 4.78 is 10.3. The van der Waals surface area contributed by atoms with E-state index >= 15 is 0 Å². The second-order valence-corrected chi connectivity index (χ2v) is 7.94. The van der Waals surface area contributed by atoms with Crippen molar-refractivity contribution in [2.45, 2.75) is 26.2 Å². The van der Waals surface area contributed by atoms with Crippen molar-refractivity contribution in [1.82, 2.24) is 0 Å². The number of esters is 1. The summed E-state index contributed by atoms with van der Waals surface area (Å²) in [7, 11) is 1.47. The van der Waals surface area contributed by atoms with Gasteiger partial charge in [0.1, 0.15) is 11.5 Å². The fraction of sp³-hybridized carbons (Fsp3) is 0.207. The Labute approximate surface area is 204 Å². The first-order valence-corrected chi connectivity index (χ1v) is 11.3. The number of rotatable bonds is 10. The molecule has 0 aliphatic heterocycles. The van der Waals surface area contributed by atoms with Gasteiger partial charge in [-0.05, 0) is 42.3 Å². The number of hydrogen-bond acceptors (Lipinski definition) is 6. The van der Waals surface area contributed by atoms with Gasteiger partial charge >= 0.3 is 5.97 Å². The Balaban J connectivity index is 1.96. The molecule has 0 aliphatic rings. The highest BCUT2D eigenvalue weighted by Crippen LogP contribution is 2.34. The highest BCUT2D eigenvalue weighted by atomic mass is 16.5. The molecular weight excluding hydrogens is 444 g/mol. The molecule has 0 bridgehead atoms. The Kier molecular flexibility index (Phi) is 8.57. The standard InChI is InChI=1S/C29H28O6/c1-4-35-29(33)22-16-14-20(15-17-22)18-24(30)28(32)26(19(2)21-10-6-5-7-11-21)27(31)23-12-8-9-13-25(23)34-3/h5-17,19,31H,4,18H2,1-3H3. The first-order valence-electron chi connectivity index (χ1n) is 11.3. The molecule has 1 atom stereocenters. The SMILES string of the molecule is CCOC(=O)c1ccc(CC(=O)C(=O)C(=C(O)c2ccccc2OC)C(C)c2ccccc2)cc1. The molecule has 0 amide bonds. The van der Waals surface area contributed by atoms with Gasteiger partial charge in [0.05, 0.1) is 30.4 Å². The van der Waals surface area contributed by atoms with Crippen LogP contribution in [0.25, 0.3) is 5.76 Å². The lowest BCUT2D eigenvalue weighted by Crippen LogP contribution is -2.23. The fourth-order valence-electron chi connectivity index (χ4n) is 3.79. The van der Waals surface area contributed by atoms with Crippen LogP contribution in [0.2, 0.25) is 0 Å². The number of Topliss-reactive ketones (excluding diaryl/α,β-unsaturated/α-hetero) is 2. The predicted molar refractivity (Wildman–Crippen MR) is 134 cm³/mol. The maximum atomic E-state index is 13.5. The van der Waals surface area contributed by atoms with E-state index in [-0.39, 0.29) is 24.4 Å². The molecule has 0 aromatic heterocycles. The lowest BCUT2D eigenvalue weighted by Gasteiger charge is -2.18. The van der Waals surface area contributed by atoms with Gasteiger partial charge in [-0.25, -0.2) is 4.79 Å². The normalized spacial score (nSPS) is 12.3. The molecule has 3 rings (SSSR count). The Bertz CT molecular complexity index is 1230. The molecule has 0 saturated carbocycles. The van der Waals surface area contributed by atoms with Gasteiger partial charge in [-0.15, -0.1) is 0 Å². The summed E-state index contributed by atoms with van der Waals surface area (Å²) >= 11 is 0. The van der Waals surface area contributed by atoms with Crippen LogP contribution in [0.4, 0.5) is 0 Å². The third kappa shape index (κ3) is 6.03. The third-order valence-electron chi connectivity index (χ3n) is 5.68. The van der Waals surface area contributed by atoms with Crippen LogP contribution in [0, 0.1) is 0 Å². The molecular formula is C29H28O6. The molecule has 35 heavy (non-hydrogen) atoms. The zero-order valence-corrected chi connectivity index (χ0v) is 20.0. The number of benzene rings is 3. The molecule has 0 radical (unpaired) electrons. The van der Waals surface area contributed by atoms with E-state index in [1.807, 2.05) is 30.3 Å². The molecule has 6 heteroatoms. The summed E-state index contributed by atoms with van der Waals surface area (Å²) in [6.45, 7) is 3.76. The minimum absolute atomic E-state index is 0.00570. The Morgan fingerprint density at radius 2 is 1.51 bits per heavy atom. The summed E-state index contributed by atoms with van der Waals surface area (Å²) in [5.41, 5.74) is 2.03. The van der Waals surface area contributed by atoms with Gasteiger partial charge in [0.25, 0.3) is 0 Å². The number of aliphatic hydroxyl groups is 1. The van der Waals surface area contributed by atoms with Crippen molar-refractivity contribution in [2.24, 2.45) is 0 Å². The minimum atomic E-state index is -0.778. The first kappa shape index (κ1) is 25.4. The number of ketones is 2. The summed E-state index contributed by atoms with van der Waals surface area (Å²) in [5.74, 6) is -2.37. The Morgan fingerprint density at radius 3 is 2.14 bits per heavy atom. The summed E-state index contributed by atoms with van der Waals surface area (Å²) in [5, 5.41) is 11.2. The molecule has 0 heterocycles. The van der Waals surface area contributed by atoms with Crippen LogP contribution in [-0.2, 0) is 20.7 Å². The third-order valence-corrected chi connectivity index (χ3v) is 5.68. The van der Waals surface area contributed by atoms with Crippen LogP contribution < -0.4 is 4.74 Å². The number of methoxy groups -OCH3 is 1. The maximum absolute atomic E-state index is 13.5. The molecule has 1 N–H and O–H groups in total. The highest BCUT2D eigenvalue weighted by Gasteiger charge is 2.29. The van der Waals surface area contributed by atoms with Crippen LogP contribution in [0.15, 0.2) is 84.4 Å². The summed E-state index contributed by atoms with van der Waals surface area (Å²) in [6.07, 6.45) is -0.174. The van der Waals surface area contributed by atoms with Crippen LogP contribution in [0.3, 0.4) is 0 Å². The lowest BCUT2D eigenvalue weighted by atomic mass is 9.85. The predicted octanol–water partition coefficient (Wildman–Crippen LogP) is 5.33. The van der Waals surface area contributed by atoms with Crippen molar-refractivity contribution in [3.63, 3.8) is 0 Å². The molecule has 6 nitrogen and oxygen atoms in total. The fourth-order valence-corrected chi connectivity index (χ4v) is 3.79. The smallest absolute Gasteiger partial charge is 0.338 e. The number of carbonyl (C=O) groups excluding carboxylic acids is 3. The average molecular weight is 473 g/mol. The summed E-state index contributed by atoms with van der Waals surface area (Å²) in [6, 6.07) is 22.3. The maximum Gasteiger partial charge on any atom is 0.338 e. The number of hydrogen-bond donors (Lipinski definition) is 1. The van der Waals surface area contributed by atoms with E-state index in [9.17, 15) is 19.5 Å². The van der Waals surface area contributed by atoms with Gasteiger partial charge < -0.3 is 14.6 Å². The van der Waals surface area contributed by atoms with Gasteiger partial charge in [-0.3, -0.25) is 9.59 Å². The van der Waals surface area contributed by atoms with Gasteiger partial charge in [0.2, 0.25) is 11.6 Å². The van der Waals surface area contributed by atoms with Crippen molar-refractivity contribution in [3.8, 4) is 5.75 Å². The molecule has 3 aromatic carbocycles. The molecule has 3 aromatic rings. The zero-order valence-electron chi connectivity index (χ0n) is 20.0. The van der Waals surface area contributed by atoms with Gasteiger partial charge in [0, 0.05) is 12.3 Å². The average Bonchev–Trinajstić information content (AvgIpc) is 2.89. The molecule has 0 fully saturated rings. The molecule has 1 unspecified atom stereocenters. The number of para-hydroxylation sites is 1. The monoisotopic (exact) mass is 472 g/mol. The Morgan fingerprint density at radius 1 is 0.886 bits per heavy atom. The van der Waals surface area contributed by atoms with Gasteiger partial charge in [-0.2, -0.15) is 0 Å². The van der Waals surface area contributed by atoms with Crippen molar-refractivity contribution < 1.29 is 29.0 Å². The highest BCUT2D eigenvalue weighted by molar-refractivity contribution is 6.45. The van der Waals surface area contributed by atoms with Crippen molar-refractivity contribution in [3.05, 3.63) is 107 Å². The number of allylic oxidation sites excluding steroid dienone is 1. The van der Waals surface area contributed by atoms with Crippen molar-refractivity contribution in [1.29, 1.82) is 0 Å². The Hall–Kier alpha value is -4.19. The van der Waals surface area contributed by atoms with Crippen molar-refractivity contribution >= 4 is 23.3 Å². The second-order valence-electron chi connectivity index (χ2n) is 7.94. The van der Waals surface area contributed by atoms with E-state index in [4.69, 9.17) is 9.47 Å². The van der Waals surface area contributed by atoms with Crippen LogP contribution in [0.5, 0.6) is 5.75 Å². The van der Waals surface area contributed by atoms with Gasteiger partial charge in [-0.1, -0.05) is 61.5 Å². The quantitative estimate of drug-likeness (QED) is 0.186. The van der Waals surface area contributed by atoms with Crippen LogP contribution >= 0.6 is 0 Å². The van der Waals surface area contributed by atoms with Gasteiger partial charge in [0.15, 0.2) is 0 Å². The zero-order chi connectivity index (χ0) is 25.4. The second kappa shape index (κ2) is 11.8.